The Labute approximate surface area is 82.5 Å². The van der Waals surface area contributed by atoms with Crippen LogP contribution in [0.5, 0.6) is 0 Å². The summed E-state index contributed by atoms with van der Waals surface area (Å²) in [5.41, 5.74) is 14.0. The Hall–Kier alpha value is -1.71. The molecule has 74 valence electrons. The molecule has 14 heavy (non-hydrogen) atoms. The fourth-order valence-electron chi connectivity index (χ4n) is 1.88. The number of rotatable bonds is 2. The first-order valence-corrected chi connectivity index (χ1v) is 4.59. The van der Waals surface area contributed by atoms with Gasteiger partial charge in [0.05, 0.1) is 6.54 Å². The van der Waals surface area contributed by atoms with E-state index < -0.39 is 0 Å². The van der Waals surface area contributed by atoms with Crippen LogP contribution in [-0.2, 0) is 11.2 Å². The van der Waals surface area contributed by atoms with Crippen LogP contribution in [0.1, 0.15) is 5.56 Å². The van der Waals surface area contributed by atoms with Crippen molar-refractivity contribution in [2.24, 2.45) is 5.73 Å². The monoisotopic (exact) mass is 191 g/mol. The van der Waals surface area contributed by atoms with Crippen LogP contribution in [0.3, 0.4) is 0 Å². The van der Waals surface area contributed by atoms with Crippen molar-refractivity contribution in [1.82, 2.24) is 0 Å². The van der Waals surface area contributed by atoms with Gasteiger partial charge < -0.3 is 16.4 Å². The molecule has 0 aliphatic carbocycles. The number of fused-ring (bicyclic) bond motifs is 1. The largest absolute Gasteiger partial charge is 0.398 e. The Morgan fingerprint density at radius 2 is 2.29 bits per heavy atom. The zero-order valence-corrected chi connectivity index (χ0v) is 7.86. The molecular weight excluding hydrogens is 178 g/mol. The van der Waals surface area contributed by atoms with E-state index >= 15 is 0 Å². The molecule has 4 N–H and O–H groups in total. The maximum Gasteiger partial charge on any atom is 0.236 e. The highest BCUT2D eigenvalue weighted by atomic mass is 16.1. The lowest BCUT2D eigenvalue weighted by molar-refractivity contribution is -0.116. The van der Waals surface area contributed by atoms with Gasteiger partial charge in [0.15, 0.2) is 0 Å². The average Bonchev–Trinajstić information content (AvgIpc) is 2.49. The molecule has 0 unspecified atom stereocenters. The minimum Gasteiger partial charge on any atom is -0.398 e. The molecular formula is C10H13N3O. The zero-order valence-electron chi connectivity index (χ0n) is 7.86. The Morgan fingerprint density at radius 3 is 3.00 bits per heavy atom. The highest BCUT2D eigenvalue weighted by Gasteiger charge is 2.21. The zero-order chi connectivity index (χ0) is 10.1. The Balaban J connectivity index is 2.30. The molecule has 0 aromatic heterocycles. The summed E-state index contributed by atoms with van der Waals surface area (Å²) in [5.74, 6) is -0.305. The molecule has 1 aromatic rings. The van der Waals surface area contributed by atoms with E-state index in [1.54, 1.807) is 0 Å². The lowest BCUT2D eigenvalue weighted by atomic mass is 10.1. The van der Waals surface area contributed by atoms with Gasteiger partial charge in [-0.05, 0) is 18.6 Å². The van der Waals surface area contributed by atoms with Crippen LogP contribution in [-0.4, -0.2) is 19.0 Å². The number of carbonyl (C=O) groups excluding carboxylic acids is 1. The summed E-state index contributed by atoms with van der Waals surface area (Å²) in [5, 5.41) is 0. The second-order valence-corrected chi connectivity index (χ2v) is 3.48. The third-order valence-corrected chi connectivity index (χ3v) is 2.51. The van der Waals surface area contributed by atoms with Gasteiger partial charge in [0, 0.05) is 23.5 Å². The molecule has 1 amide bonds. The fraction of sp³-hybridized carbons (Fsp3) is 0.300. The minimum atomic E-state index is -0.305. The number of nitrogen functional groups attached to an aromatic ring is 1. The van der Waals surface area contributed by atoms with Crippen molar-refractivity contribution in [1.29, 1.82) is 0 Å². The highest BCUT2D eigenvalue weighted by molar-refractivity contribution is 5.81. The SMILES string of the molecule is NC(=O)CN1CCc2c(N)cccc21. The summed E-state index contributed by atoms with van der Waals surface area (Å²) in [6.07, 6.45) is 0.898. The van der Waals surface area contributed by atoms with E-state index in [0.717, 1.165) is 29.9 Å². The summed E-state index contributed by atoms with van der Waals surface area (Å²) in [6.45, 7) is 1.10. The lowest BCUT2D eigenvalue weighted by Crippen LogP contribution is -2.32. The standard InChI is InChI=1S/C10H13N3O/c11-8-2-1-3-9-7(8)4-5-13(9)6-10(12)14/h1-3H,4-6,11H2,(H2,12,14). The van der Waals surface area contributed by atoms with Gasteiger partial charge in [0.1, 0.15) is 0 Å². The normalized spacial score (nSPS) is 14.1. The third kappa shape index (κ3) is 1.39. The van der Waals surface area contributed by atoms with Crippen molar-refractivity contribution < 1.29 is 4.79 Å². The molecule has 0 saturated heterocycles. The number of benzene rings is 1. The van der Waals surface area contributed by atoms with Gasteiger partial charge in [-0.25, -0.2) is 0 Å². The van der Waals surface area contributed by atoms with Gasteiger partial charge in [-0.1, -0.05) is 6.07 Å². The summed E-state index contributed by atoms with van der Waals surface area (Å²) < 4.78 is 0. The quantitative estimate of drug-likeness (QED) is 0.652. The molecule has 1 aromatic carbocycles. The van der Waals surface area contributed by atoms with Crippen LogP contribution < -0.4 is 16.4 Å². The maximum atomic E-state index is 10.8. The first-order valence-electron chi connectivity index (χ1n) is 4.59. The van der Waals surface area contributed by atoms with Crippen molar-refractivity contribution in [2.75, 3.05) is 23.7 Å². The Kier molecular flexibility index (Phi) is 2.04. The molecule has 0 atom stereocenters. The van der Waals surface area contributed by atoms with Gasteiger partial charge in [0.2, 0.25) is 5.91 Å². The number of carbonyl (C=O) groups is 1. The van der Waals surface area contributed by atoms with Crippen molar-refractivity contribution in [3.63, 3.8) is 0 Å². The summed E-state index contributed by atoms with van der Waals surface area (Å²) in [6, 6.07) is 5.75. The van der Waals surface area contributed by atoms with Crippen molar-refractivity contribution in [3.05, 3.63) is 23.8 Å². The number of nitrogens with two attached hydrogens (primary N) is 2. The first-order chi connectivity index (χ1) is 6.68. The molecule has 0 fully saturated rings. The van der Waals surface area contributed by atoms with Gasteiger partial charge in [0.25, 0.3) is 0 Å². The number of amides is 1. The third-order valence-electron chi connectivity index (χ3n) is 2.51. The van der Waals surface area contributed by atoms with E-state index in [9.17, 15) is 4.79 Å². The molecule has 0 saturated carbocycles. The minimum absolute atomic E-state index is 0.274. The topological polar surface area (TPSA) is 72.4 Å². The molecule has 4 heteroatoms. The number of primary amides is 1. The summed E-state index contributed by atoms with van der Waals surface area (Å²) >= 11 is 0. The van der Waals surface area contributed by atoms with Crippen LogP contribution in [0.4, 0.5) is 11.4 Å². The van der Waals surface area contributed by atoms with E-state index in [0.29, 0.717) is 0 Å². The van der Waals surface area contributed by atoms with Gasteiger partial charge in [-0.15, -0.1) is 0 Å². The van der Waals surface area contributed by atoms with E-state index in [-0.39, 0.29) is 12.5 Å². The van der Waals surface area contributed by atoms with Gasteiger partial charge >= 0.3 is 0 Å². The van der Waals surface area contributed by atoms with E-state index in [2.05, 4.69) is 0 Å². The smallest absolute Gasteiger partial charge is 0.236 e. The predicted molar refractivity (Wildman–Crippen MR) is 56.0 cm³/mol. The summed E-state index contributed by atoms with van der Waals surface area (Å²) in [7, 11) is 0. The number of hydrogen-bond donors (Lipinski definition) is 2. The average molecular weight is 191 g/mol. The van der Waals surface area contributed by atoms with E-state index in [1.165, 1.54) is 0 Å². The molecule has 2 rings (SSSR count). The fourth-order valence-corrected chi connectivity index (χ4v) is 1.88. The van der Waals surface area contributed by atoms with Crippen molar-refractivity contribution in [3.8, 4) is 0 Å². The predicted octanol–water partition coefficient (Wildman–Crippen LogP) is 0.117. The Morgan fingerprint density at radius 1 is 1.50 bits per heavy atom. The second kappa shape index (κ2) is 3.21. The first kappa shape index (κ1) is 8.87. The van der Waals surface area contributed by atoms with Gasteiger partial charge in [-0.3, -0.25) is 4.79 Å². The van der Waals surface area contributed by atoms with Crippen LogP contribution in [0.15, 0.2) is 18.2 Å². The highest BCUT2D eigenvalue weighted by Crippen LogP contribution is 2.31. The molecule has 0 spiro atoms. The van der Waals surface area contributed by atoms with E-state index in [1.807, 2.05) is 23.1 Å². The van der Waals surface area contributed by atoms with Crippen LogP contribution in [0.25, 0.3) is 0 Å². The molecule has 0 bridgehead atoms. The summed E-state index contributed by atoms with van der Waals surface area (Å²) in [4.78, 5) is 12.8. The second-order valence-electron chi connectivity index (χ2n) is 3.48. The van der Waals surface area contributed by atoms with Crippen molar-refractivity contribution in [2.45, 2.75) is 6.42 Å². The Bertz CT molecular complexity index is 376. The van der Waals surface area contributed by atoms with Crippen LogP contribution in [0.2, 0.25) is 0 Å². The van der Waals surface area contributed by atoms with Gasteiger partial charge in [-0.2, -0.15) is 0 Å². The molecule has 0 radical (unpaired) electrons. The lowest BCUT2D eigenvalue weighted by Gasteiger charge is -2.16. The number of hydrogen-bond acceptors (Lipinski definition) is 3. The van der Waals surface area contributed by atoms with Crippen molar-refractivity contribution >= 4 is 17.3 Å². The number of nitrogens with zero attached hydrogens (tertiary/aromatic N) is 1. The maximum absolute atomic E-state index is 10.8. The van der Waals surface area contributed by atoms with E-state index in [4.69, 9.17) is 11.5 Å². The van der Waals surface area contributed by atoms with Crippen LogP contribution >= 0.6 is 0 Å². The molecule has 1 aliphatic rings. The molecule has 1 aliphatic heterocycles. The molecule has 4 nitrogen and oxygen atoms in total. The number of anilines is 2. The van der Waals surface area contributed by atoms with Crippen LogP contribution in [0, 0.1) is 0 Å². The molecule has 1 heterocycles.